The van der Waals surface area contributed by atoms with Gasteiger partial charge in [0.1, 0.15) is 6.67 Å². The van der Waals surface area contributed by atoms with Gasteiger partial charge in [0.15, 0.2) is 0 Å². The number of ether oxygens (including phenoxy) is 12. The standard InChI is InChI=1S/C30H61FO12/c1-2-3-4-5-7-32-9-11-34-13-15-36-17-19-38-21-23-40-25-27-42-29-30-43-28-26-41-24-22-39-20-18-37-16-14-35-12-10-33-8-6-31/h2-30H2,1H3. The van der Waals surface area contributed by atoms with Gasteiger partial charge in [-0.25, -0.2) is 4.39 Å². The Labute approximate surface area is 259 Å². The van der Waals surface area contributed by atoms with Gasteiger partial charge in [-0.3, -0.25) is 0 Å². The van der Waals surface area contributed by atoms with Gasteiger partial charge in [0.25, 0.3) is 0 Å². The van der Waals surface area contributed by atoms with Crippen LogP contribution in [0.2, 0.25) is 0 Å². The molecule has 0 fully saturated rings. The van der Waals surface area contributed by atoms with Crippen LogP contribution < -0.4 is 0 Å². The Hall–Kier alpha value is -0.550. The summed E-state index contributed by atoms with van der Waals surface area (Å²) in [7, 11) is 0. The van der Waals surface area contributed by atoms with Gasteiger partial charge in [0.2, 0.25) is 0 Å². The van der Waals surface area contributed by atoms with E-state index in [2.05, 4.69) is 6.92 Å². The summed E-state index contributed by atoms with van der Waals surface area (Å²) in [6.45, 7) is 14.0. The van der Waals surface area contributed by atoms with Crippen molar-refractivity contribution in [2.24, 2.45) is 0 Å². The molecule has 0 rings (SSSR count). The molecule has 0 aliphatic heterocycles. The molecular formula is C30H61FO12. The van der Waals surface area contributed by atoms with Crippen molar-refractivity contribution in [3.05, 3.63) is 0 Å². The van der Waals surface area contributed by atoms with Crippen LogP contribution in [0.1, 0.15) is 32.6 Å². The van der Waals surface area contributed by atoms with Crippen molar-refractivity contribution in [3.8, 4) is 0 Å². The van der Waals surface area contributed by atoms with Crippen molar-refractivity contribution < 1.29 is 61.2 Å². The summed E-state index contributed by atoms with van der Waals surface area (Å²) in [5.74, 6) is 0. The predicted octanol–water partition coefficient (Wildman–Crippen LogP) is 2.74. The average Bonchev–Trinajstić information content (AvgIpc) is 3.02. The third-order valence-corrected chi connectivity index (χ3v) is 5.46. The number of hydrogen-bond acceptors (Lipinski definition) is 12. The third-order valence-electron chi connectivity index (χ3n) is 5.46. The molecule has 0 aliphatic rings. The van der Waals surface area contributed by atoms with E-state index in [0.717, 1.165) is 13.0 Å². The Kier molecular flexibility index (Phi) is 40.9. The quantitative estimate of drug-likeness (QED) is 0.0927. The highest BCUT2D eigenvalue weighted by Gasteiger charge is 1.97. The smallest absolute Gasteiger partial charge is 0.113 e. The normalized spacial score (nSPS) is 11.6. The van der Waals surface area contributed by atoms with Gasteiger partial charge in [-0.1, -0.05) is 26.2 Å². The molecule has 43 heavy (non-hydrogen) atoms. The van der Waals surface area contributed by atoms with E-state index in [9.17, 15) is 4.39 Å². The lowest BCUT2D eigenvalue weighted by molar-refractivity contribution is -0.0284. The fourth-order valence-electron chi connectivity index (χ4n) is 3.21. The molecule has 0 aliphatic carbocycles. The van der Waals surface area contributed by atoms with E-state index in [1.807, 2.05) is 0 Å². The van der Waals surface area contributed by atoms with E-state index in [4.69, 9.17) is 56.8 Å². The Morgan fingerprint density at radius 2 is 0.465 bits per heavy atom. The highest BCUT2D eigenvalue weighted by atomic mass is 19.1. The summed E-state index contributed by atoms with van der Waals surface area (Å²) in [4.78, 5) is 0. The first-order chi connectivity index (χ1) is 21.4. The number of halogens is 1. The zero-order valence-electron chi connectivity index (χ0n) is 26.8. The molecule has 0 saturated carbocycles. The summed E-state index contributed by atoms with van der Waals surface area (Å²) in [5, 5.41) is 0. The average molecular weight is 633 g/mol. The van der Waals surface area contributed by atoms with Crippen LogP contribution in [0.4, 0.5) is 4.39 Å². The highest BCUT2D eigenvalue weighted by molar-refractivity contribution is 4.41. The van der Waals surface area contributed by atoms with Crippen molar-refractivity contribution >= 4 is 0 Å². The molecular weight excluding hydrogens is 571 g/mol. The molecule has 0 aromatic rings. The van der Waals surface area contributed by atoms with Crippen molar-refractivity contribution in [1.82, 2.24) is 0 Å². The maximum absolute atomic E-state index is 11.8. The van der Waals surface area contributed by atoms with Crippen molar-refractivity contribution in [2.45, 2.75) is 32.6 Å². The summed E-state index contributed by atoms with van der Waals surface area (Å²) in [6.07, 6.45) is 4.89. The zero-order chi connectivity index (χ0) is 31.0. The first-order valence-electron chi connectivity index (χ1n) is 15.9. The number of unbranched alkanes of at least 4 members (excludes halogenated alkanes) is 3. The van der Waals surface area contributed by atoms with Crippen LogP contribution in [0.15, 0.2) is 0 Å². The number of hydrogen-bond donors (Lipinski definition) is 0. The molecule has 0 N–H and O–H groups in total. The minimum absolute atomic E-state index is 0.115. The van der Waals surface area contributed by atoms with E-state index < -0.39 is 6.67 Å². The molecule has 0 unspecified atom stereocenters. The maximum Gasteiger partial charge on any atom is 0.113 e. The topological polar surface area (TPSA) is 111 Å². The van der Waals surface area contributed by atoms with E-state index >= 15 is 0 Å². The predicted molar refractivity (Wildman–Crippen MR) is 160 cm³/mol. The second-order valence-electron chi connectivity index (χ2n) is 9.10. The molecule has 0 radical (unpaired) electrons. The number of alkyl halides is 1. The molecule has 0 heterocycles. The van der Waals surface area contributed by atoms with Crippen LogP contribution in [-0.2, 0) is 56.8 Å². The van der Waals surface area contributed by atoms with Crippen LogP contribution in [0.3, 0.4) is 0 Å². The van der Waals surface area contributed by atoms with E-state index in [0.29, 0.717) is 145 Å². The van der Waals surface area contributed by atoms with Crippen LogP contribution in [0.25, 0.3) is 0 Å². The summed E-state index contributed by atoms with van der Waals surface area (Å²) >= 11 is 0. The fourth-order valence-corrected chi connectivity index (χ4v) is 3.21. The highest BCUT2D eigenvalue weighted by Crippen LogP contribution is 1.98. The lowest BCUT2D eigenvalue weighted by atomic mass is 10.2. The Morgan fingerprint density at radius 3 is 0.674 bits per heavy atom. The fraction of sp³-hybridized carbons (Fsp3) is 1.00. The first-order valence-corrected chi connectivity index (χ1v) is 15.9. The molecule has 12 nitrogen and oxygen atoms in total. The molecule has 0 atom stereocenters. The van der Waals surface area contributed by atoms with Crippen molar-refractivity contribution in [1.29, 1.82) is 0 Å². The van der Waals surface area contributed by atoms with Crippen LogP contribution in [0.5, 0.6) is 0 Å². The molecule has 0 amide bonds. The molecule has 0 saturated heterocycles. The van der Waals surface area contributed by atoms with Gasteiger partial charge in [0, 0.05) is 6.61 Å². The third kappa shape index (κ3) is 41.5. The van der Waals surface area contributed by atoms with E-state index in [1.165, 1.54) is 19.3 Å². The summed E-state index contributed by atoms with van der Waals surface area (Å²) in [5.41, 5.74) is 0. The zero-order valence-corrected chi connectivity index (χ0v) is 26.8. The Morgan fingerprint density at radius 1 is 0.256 bits per heavy atom. The van der Waals surface area contributed by atoms with Gasteiger partial charge in [-0.15, -0.1) is 0 Å². The molecule has 0 bridgehead atoms. The minimum Gasteiger partial charge on any atom is -0.379 e. The van der Waals surface area contributed by atoms with Gasteiger partial charge < -0.3 is 56.8 Å². The lowest BCUT2D eigenvalue weighted by Crippen LogP contribution is -2.15. The van der Waals surface area contributed by atoms with Gasteiger partial charge >= 0.3 is 0 Å². The van der Waals surface area contributed by atoms with Gasteiger partial charge in [-0.2, -0.15) is 0 Å². The van der Waals surface area contributed by atoms with Crippen molar-refractivity contribution in [2.75, 3.05) is 165 Å². The molecule has 0 aromatic carbocycles. The summed E-state index contributed by atoms with van der Waals surface area (Å²) < 4.78 is 76.7. The lowest BCUT2D eigenvalue weighted by Gasteiger charge is -2.09. The summed E-state index contributed by atoms with van der Waals surface area (Å²) in [6, 6.07) is 0. The second-order valence-corrected chi connectivity index (χ2v) is 9.10. The first kappa shape index (κ1) is 42.5. The largest absolute Gasteiger partial charge is 0.379 e. The monoisotopic (exact) mass is 632 g/mol. The van der Waals surface area contributed by atoms with Crippen LogP contribution in [0, 0.1) is 0 Å². The Bertz CT molecular complexity index is 442. The number of rotatable bonds is 40. The molecule has 0 aromatic heterocycles. The van der Waals surface area contributed by atoms with E-state index in [-0.39, 0.29) is 6.61 Å². The van der Waals surface area contributed by atoms with Gasteiger partial charge in [0.05, 0.1) is 152 Å². The maximum atomic E-state index is 11.8. The van der Waals surface area contributed by atoms with Crippen LogP contribution in [-0.4, -0.2) is 165 Å². The van der Waals surface area contributed by atoms with Crippen molar-refractivity contribution in [3.63, 3.8) is 0 Å². The molecule has 260 valence electrons. The molecule has 0 spiro atoms. The van der Waals surface area contributed by atoms with Crippen LogP contribution >= 0.6 is 0 Å². The minimum atomic E-state index is -0.473. The SMILES string of the molecule is CCCCCCOCCOCCOCCOCCOCCOCCOCCOCCOCCOCCOCCOCCF. The second kappa shape index (κ2) is 41.4. The van der Waals surface area contributed by atoms with E-state index in [1.54, 1.807) is 0 Å². The Balaban J connectivity index is 3.02. The van der Waals surface area contributed by atoms with Gasteiger partial charge in [-0.05, 0) is 6.42 Å². The molecule has 13 heteroatoms.